The van der Waals surface area contributed by atoms with Gasteiger partial charge in [-0.3, -0.25) is 0 Å². The van der Waals surface area contributed by atoms with Crippen LogP contribution in [-0.4, -0.2) is 13.4 Å². The topological polar surface area (TPSA) is 4.93 Å². The van der Waals surface area contributed by atoms with E-state index in [1.807, 2.05) is 11.8 Å². The molecule has 1 nitrogen and oxygen atoms in total. The molecule has 0 saturated heterocycles. The highest BCUT2D eigenvalue weighted by Gasteiger charge is 2.51. The van der Waals surface area contributed by atoms with Gasteiger partial charge in [-0.2, -0.15) is 0 Å². The molecule has 215 valence electrons. The zero-order valence-corrected chi connectivity index (χ0v) is 26.8. The van der Waals surface area contributed by atoms with Crippen molar-refractivity contribution < 1.29 is 0 Å². The highest BCUT2D eigenvalue weighted by molar-refractivity contribution is 7.99. The molecule has 1 spiro atoms. The lowest BCUT2D eigenvalue weighted by Crippen LogP contribution is -2.62. The maximum atomic E-state index is 2.54. The van der Waals surface area contributed by atoms with E-state index in [4.69, 9.17) is 0 Å². The Morgan fingerprint density at radius 2 is 0.957 bits per heavy atom. The number of benzene rings is 7. The molecule has 0 aliphatic carbocycles. The Hall–Kier alpha value is -5.09. The summed E-state index contributed by atoms with van der Waals surface area (Å²) in [5.41, 5.74) is 8.81. The van der Waals surface area contributed by atoms with E-state index < -0.39 is 14.2 Å². The maximum Gasteiger partial charge on any atom is 0.155 e. The predicted octanol–water partition coefficient (Wildman–Crippen LogP) is 8.46. The molecule has 0 fully saturated rings. The fourth-order valence-corrected chi connectivity index (χ4v) is 12.4. The molecule has 0 amide bonds. The van der Waals surface area contributed by atoms with Crippen LogP contribution in [0.25, 0.3) is 27.5 Å². The number of fused-ring (bicyclic) bond motifs is 11. The molecule has 7 aromatic carbocycles. The molecule has 0 saturated carbocycles. The normalized spacial score (nSPS) is 14.5. The lowest BCUT2D eigenvalue weighted by Gasteiger charge is -2.47. The van der Waals surface area contributed by atoms with E-state index in [2.05, 4.69) is 174 Å². The van der Waals surface area contributed by atoms with Gasteiger partial charge in [0.2, 0.25) is 0 Å². The van der Waals surface area contributed by atoms with Gasteiger partial charge >= 0.3 is 0 Å². The van der Waals surface area contributed by atoms with Crippen molar-refractivity contribution in [1.82, 2.24) is 4.57 Å². The van der Waals surface area contributed by atoms with E-state index in [-0.39, 0.29) is 0 Å². The summed E-state index contributed by atoms with van der Waals surface area (Å²) in [5.74, 6) is 0. The first kappa shape index (κ1) is 26.2. The molecule has 10 rings (SSSR count). The molecule has 3 heterocycles. The fraction of sp³-hybridized carbons (Fsp3) is 0.0233. The summed E-state index contributed by atoms with van der Waals surface area (Å²) in [5, 5.41) is 6.94. The molecule has 0 atom stereocenters. The largest absolute Gasteiger partial charge is 0.309 e. The van der Waals surface area contributed by atoms with Crippen LogP contribution in [0.5, 0.6) is 0 Å². The van der Waals surface area contributed by atoms with Gasteiger partial charge in [0.25, 0.3) is 0 Å². The van der Waals surface area contributed by atoms with E-state index in [0.717, 1.165) is 0 Å². The lowest BCUT2D eigenvalue weighted by molar-refractivity contribution is 0.707. The number of hydrogen-bond acceptors (Lipinski definition) is 1. The summed E-state index contributed by atoms with van der Waals surface area (Å²) in [7, 11) is -1.30. The van der Waals surface area contributed by atoms with Gasteiger partial charge in [-0.05, 0) is 69.0 Å². The summed E-state index contributed by atoms with van der Waals surface area (Å²) in [6.07, 6.45) is 0. The van der Waals surface area contributed by atoms with Crippen LogP contribution in [0, 0.1) is 0 Å². The van der Waals surface area contributed by atoms with Crippen molar-refractivity contribution in [3.63, 3.8) is 0 Å². The summed E-state index contributed by atoms with van der Waals surface area (Å²) in [6, 6.07) is 63.8. The van der Waals surface area contributed by atoms with Gasteiger partial charge in [0.15, 0.2) is 8.80 Å². The van der Waals surface area contributed by atoms with Crippen LogP contribution in [0.3, 0.4) is 0 Å². The quantitative estimate of drug-likeness (QED) is 0.176. The Bertz CT molecular complexity index is 2380. The van der Waals surface area contributed by atoms with E-state index in [1.165, 1.54) is 75.1 Å². The second-order valence-corrected chi connectivity index (χ2v) is 15.7. The van der Waals surface area contributed by atoms with E-state index >= 15 is 0 Å². The van der Waals surface area contributed by atoms with Crippen molar-refractivity contribution in [2.75, 3.05) is 0 Å². The third-order valence-electron chi connectivity index (χ3n) is 9.98. The highest BCUT2D eigenvalue weighted by atomic mass is 32.2. The number of nitrogens with zero attached hydrogens (tertiary/aromatic N) is 1. The Kier molecular flexibility index (Phi) is 5.66. The molecule has 0 bridgehead atoms. The Morgan fingerprint density at radius 1 is 0.435 bits per heavy atom. The molecule has 3 heteroatoms. The average molecular weight is 619 g/mol. The first-order chi connectivity index (χ1) is 22.8. The number of para-hydroxylation sites is 2. The zero-order valence-electron chi connectivity index (χ0n) is 25.0. The van der Waals surface area contributed by atoms with Gasteiger partial charge in [-0.25, -0.2) is 0 Å². The standard InChI is InChI=1S/C43H28NSSi/c1-2-14-30(15-3-1)46-41-25-13-8-20-35(41)43(33-18-6-11-23-39(33)45-40-24-12-7-19-34(40)43)36-28-29(26-27-42(36)46)44-37-21-9-4-16-31(37)32-17-5-10-22-38(32)44/h1-28H. The number of hydrogen-bond donors (Lipinski definition) is 0. The summed E-state index contributed by atoms with van der Waals surface area (Å²) < 4.78 is 2.48. The zero-order chi connectivity index (χ0) is 30.2. The smallest absolute Gasteiger partial charge is 0.155 e. The first-order valence-electron chi connectivity index (χ1n) is 15.9. The van der Waals surface area contributed by atoms with Crippen LogP contribution < -0.4 is 15.6 Å². The SMILES string of the molecule is c1ccc([Si]2c3ccccc3C3(c4ccccc4Sc4ccccc43)c3cc(-n4c5ccccc5c5ccccc54)ccc32)cc1. The molecular formula is C43H28NSSi. The van der Waals surface area contributed by atoms with E-state index in [9.17, 15) is 0 Å². The molecule has 0 N–H and O–H groups in total. The van der Waals surface area contributed by atoms with Gasteiger partial charge in [0.1, 0.15) is 0 Å². The molecule has 1 aromatic heterocycles. The number of aromatic nitrogens is 1. The van der Waals surface area contributed by atoms with Crippen LogP contribution in [0.4, 0.5) is 0 Å². The van der Waals surface area contributed by atoms with Crippen molar-refractivity contribution in [1.29, 1.82) is 0 Å². The molecular weight excluding hydrogens is 591 g/mol. The van der Waals surface area contributed by atoms with Gasteiger partial charge < -0.3 is 4.57 Å². The van der Waals surface area contributed by atoms with Crippen molar-refractivity contribution in [2.45, 2.75) is 15.2 Å². The van der Waals surface area contributed by atoms with Crippen molar-refractivity contribution in [3.05, 3.63) is 192 Å². The minimum Gasteiger partial charge on any atom is -0.309 e. The molecule has 46 heavy (non-hydrogen) atoms. The van der Waals surface area contributed by atoms with Crippen LogP contribution in [-0.2, 0) is 5.41 Å². The van der Waals surface area contributed by atoms with Gasteiger partial charge in [-0.15, -0.1) is 0 Å². The Morgan fingerprint density at radius 3 is 1.63 bits per heavy atom. The maximum absolute atomic E-state index is 2.54. The molecule has 2 aliphatic rings. The van der Waals surface area contributed by atoms with Gasteiger partial charge in [0.05, 0.1) is 16.4 Å². The third kappa shape index (κ3) is 3.47. The monoisotopic (exact) mass is 618 g/mol. The molecule has 0 unspecified atom stereocenters. The second kappa shape index (κ2) is 9.95. The average Bonchev–Trinajstić information content (AvgIpc) is 3.46. The lowest BCUT2D eigenvalue weighted by atomic mass is 9.64. The van der Waals surface area contributed by atoms with E-state index in [0.29, 0.717) is 0 Å². The van der Waals surface area contributed by atoms with Crippen LogP contribution >= 0.6 is 11.8 Å². The highest BCUT2D eigenvalue weighted by Crippen LogP contribution is 2.56. The number of rotatable bonds is 2. The van der Waals surface area contributed by atoms with Gasteiger partial charge in [-0.1, -0.05) is 150 Å². The van der Waals surface area contributed by atoms with Crippen molar-refractivity contribution in [3.8, 4) is 5.69 Å². The minimum atomic E-state index is -1.30. The van der Waals surface area contributed by atoms with Crippen molar-refractivity contribution in [2.24, 2.45) is 0 Å². The summed E-state index contributed by atoms with van der Waals surface area (Å²) in [6.45, 7) is 0. The second-order valence-electron chi connectivity index (χ2n) is 12.2. The fourth-order valence-electron chi connectivity index (χ4n) is 8.21. The third-order valence-corrected chi connectivity index (χ3v) is 14.0. The predicted molar refractivity (Wildman–Crippen MR) is 194 cm³/mol. The molecule has 2 aliphatic heterocycles. The Labute approximate surface area is 274 Å². The van der Waals surface area contributed by atoms with E-state index in [1.54, 1.807) is 0 Å². The molecule has 8 aromatic rings. The Balaban J connectivity index is 1.38. The van der Waals surface area contributed by atoms with Crippen LogP contribution in [0.15, 0.2) is 180 Å². The van der Waals surface area contributed by atoms with Gasteiger partial charge in [0, 0.05) is 26.3 Å². The summed E-state index contributed by atoms with van der Waals surface area (Å²) in [4.78, 5) is 2.67. The van der Waals surface area contributed by atoms with Crippen LogP contribution in [0.2, 0.25) is 0 Å². The molecule has 1 radical (unpaired) electrons. The van der Waals surface area contributed by atoms with Crippen LogP contribution in [0.1, 0.15) is 22.3 Å². The first-order valence-corrected chi connectivity index (χ1v) is 18.2. The summed E-state index contributed by atoms with van der Waals surface area (Å²) >= 11 is 1.91. The van der Waals surface area contributed by atoms with Crippen molar-refractivity contribution >= 4 is 57.9 Å². The minimum absolute atomic E-state index is 0.442.